The Morgan fingerprint density at radius 2 is 1.82 bits per heavy atom. The Kier molecular flexibility index (Phi) is 2.91. The van der Waals surface area contributed by atoms with Crippen LogP contribution in [0.1, 0.15) is 13.3 Å². The average Bonchev–Trinajstić information content (AvgIpc) is 2.77. The number of hydrogen-bond donors (Lipinski definition) is 1. The van der Waals surface area contributed by atoms with Crippen LogP contribution in [0.4, 0.5) is 0 Å². The van der Waals surface area contributed by atoms with Gasteiger partial charge in [-0.05, 0) is 6.42 Å². The third-order valence-corrected chi connectivity index (χ3v) is 3.76. The second-order valence-corrected chi connectivity index (χ2v) is 4.66. The van der Waals surface area contributed by atoms with Crippen molar-refractivity contribution in [2.45, 2.75) is 19.4 Å². The fraction of sp³-hybridized carbons (Fsp3) is 0.727. The van der Waals surface area contributed by atoms with E-state index in [1.807, 2.05) is 0 Å². The van der Waals surface area contributed by atoms with Crippen molar-refractivity contribution in [3.8, 4) is 0 Å². The Balaban J connectivity index is 2.14. The van der Waals surface area contributed by atoms with Crippen LogP contribution in [0.15, 0.2) is 0 Å². The van der Waals surface area contributed by atoms with Crippen molar-refractivity contribution in [3.05, 3.63) is 0 Å². The molecule has 0 saturated carbocycles. The van der Waals surface area contributed by atoms with Crippen LogP contribution in [0.3, 0.4) is 0 Å². The third kappa shape index (κ3) is 1.72. The number of likely N-dealkylation sites (tertiary alicyclic amines) is 2. The van der Waals surface area contributed by atoms with E-state index in [1.54, 1.807) is 11.8 Å². The summed E-state index contributed by atoms with van der Waals surface area (Å²) in [6.07, 6.45) is 0.479. The second-order valence-electron chi connectivity index (χ2n) is 4.66. The van der Waals surface area contributed by atoms with E-state index in [0.29, 0.717) is 19.5 Å². The number of carboxylic acids is 1. The van der Waals surface area contributed by atoms with Crippen molar-refractivity contribution in [3.63, 3.8) is 0 Å². The highest BCUT2D eigenvalue weighted by Crippen LogP contribution is 2.33. The van der Waals surface area contributed by atoms with Gasteiger partial charge in [0.1, 0.15) is 6.04 Å². The average molecular weight is 240 g/mol. The predicted molar refractivity (Wildman–Crippen MR) is 58.0 cm³/mol. The third-order valence-electron chi connectivity index (χ3n) is 3.76. The molecule has 0 aromatic heterocycles. The second kappa shape index (κ2) is 4.10. The van der Waals surface area contributed by atoms with Gasteiger partial charge in [0.25, 0.3) is 0 Å². The minimum Gasteiger partial charge on any atom is -0.480 e. The number of carbonyl (C=O) groups excluding carboxylic acids is 2. The van der Waals surface area contributed by atoms with Crippen LogP contribution in [0, 0.1) is 11.8 Å². The molecule has 17 heavy (non-hydrogen) atoms. The zero-order chi connectivity index (χ0) is 12.7. The number of carboxylic acid groups (broad SMARTS) is 1. The van der Waals surface area contributed by atoms with Crippen LogP contribution in [0.5, 0.6) is 0 Å². The van der Waals surface area contributed by atoms with Gasteiger partial charge in [0.05, 0.1) is 11.8 Å². The van der Waals surface area contributed by atoms with Crippen molar-refractivity contribution in [2.24, 2.45) is 11.8 Å². The molecule has 0 radical (unpaired) electrons. The first-order valence-electron chi connectivity index (χ1n) is 5.75. The molecule has 0 aliphatic carbocycles. The summed E-state index contributed by atoms with van der Waals surface area (Å²) in [4.78, 5) is 37.4. The van der Waals surface area contributed by atoms with Crippen LogP contribution >= 0.6 is 0 Å². The largest absolute Gasteiger partial charge is 0.480 e. The highest BCUT2D eigenvalue weighted by molar-refractivity contribution is 6.05. The molecule has 2 fully saturated rings. The number of amides is 2. The number of fused-ring (bicyclic) bond motifs is 1. The molecule has 0 aromatic carbocycles. The first-order chi connectivity index (χ1) is 7.97. The molecule has 0 spiro atoms. The number of rotatable bonds is 3. The highest BCUT2D eigenvalue weighted by atomic mass is 16.4. The first-order valence-corrected chi connectivity index (χ1v) is 5.75. The SMILES string of the molecule is CCC(C(=O)O)N1CC2C(=O)N(C)C(=O)C2C1. The Labute approximate surface area is 99.2 Å². The van der Waals surface area contributed by atoms with E-state index in [2.05, 4.69) is 0 Å². The molecule has 1 N–H and O–H groups in total. The van der Waals surface area contributed by atoms with Gasteiger partial charge in [-0.25, -0.2) is 0 Å². The maximum Gasteiger partial charge on any atom is 0.320 e. The van der Waals surface area contributed by atoms with Gasteiger partial charge >= 0.3 is 5.97 Å². The molecule has 2 aliphatic heterocycles. The van der Waals surface area contributed by atoms with Gasteiger partial charge < -0.3 is 5.11 Å². The molecule has 6 heteroatoms. The standard InChI is InChI=1S/C11H16N2O4/c1-3-8(11(16)17)13-4-6-7(5-13)10(15)12(2)9(6)14/h6-8H,3-5H2,1-2H3,(H,16,17). The van der Waals surface area contributed by atoms with Crippen LogP contribution < -0.4 is 0 Å². The summed E-state index contributed by atoms with van der Waals surface area (Å²) in [5.41, 5.74) is 0. The molecule has 3 unspecified atom stereocenters. The molecule has 2 aliphatic rings. The van der Waals surface area contributed by atoms with E-state index in [0.717, 1.165) is 4.90 Å². The zero-order valence-electron chi connectivity index (χ0n) is 9.92. The van der Waals surface area contributed by atoms with Crippen molar-refractivity contribution in [2.75, 3.05) is 20.1 Å². The van der Waals surface area contributed by atoms with Crippen LogP contribution in [-0.2, 0) is 14.4 Å². The molecule has 2 rings (SSSR count). The number of nitrogens with zero attached hydrogens (tertiary/aromatic N) is 2. The van der Waals surface area contributed by atoms with Gasteiger partial charge in [-0.1, -0.05) is 6.92 Å². The zero-order valence-corrected chi connectivity index (χ0v) is 9.92. The molecule has 6 nitrogen and oxygen atoms in total. The summed E-state index contributed by atoms with van der Waals surface area (Å²) in [6.45, 7) is 2.55. The number of hydrogen-bond acceptors (Lipinski definition) is 4. The molecule has 3 atom stereocenters. The van der Waals surface area contributed by atoms with E-state index in [1.165, 1.54) is 7.05 Å². The minimum atomic E-state index is -0.888. The lowest BCUT2D eigenvalue weighted by Crippen LogP contribution is -2.42. The lowest BCUT2D eigenvalue weighted by atomic mass is 10.00. The predicted octanol–water partition coefficient (Wildman–Crippen LogP) is -0.604. The van der Waals surface area contributed by atoms with E-state index in [-0.39, 0.29) is 23.7 Å². The fourth-order valence-electron chi connectivity index (χ4n) is 2.78. The van der Waals surface area contributed by atoms with Crippen molar-refractivity contribution in [1.82, 2.24) is 9.80 Å². The quantitative estimate of drug-likeness (QED) is 0.666. The number of aliphatic carboxylic acids is 1. The fourth-order valence-corrected chi connectivity index (χ4v) is 2.78. The summed E-state index contributed by atoms with van der Waals surface area (Å²) in [6, 6.07) is -0.591. The van der Waals surface area contributed by atoms with E-state index in [9.17, 15) is 14.4 Å². The van der Waals surface area contributed by atoms with Gasteiger partial charge in [-0.15, -0.1) is 0 Å². The van der Waals surface area contributed by atoms with Crippen LogP contribution in [0.2, 0.25) is 0 Å². The molecule has 2 amide bonds. The van der Waals surface area contributed by atoms with Gasteiger partial charge in [0.2, 0.25) is 11.8 Å². The molecule has 2 heterocycles. The summed E-state index contributed by atoms with van der Waals surface area (Å²) in [7, 11) is 1.49. The number of imide groups is 1. The normalized spacial score (nSPS) is 30.8. The van der Waals surface area contributed by atoms with Crippen molar-refractivity contribution in [1.29, 1.82) is 0 Å². The molecule has 94 valence electrons. The van der Waals surface area contributed by atoms with Crippen LogP contribution in [-0.4, -0.2) is 58.9 Å². The first kappa shape index (κ1) is 12.0. The Hall–Kier alpha value is -1.43. The smallest absolute Gasteiger partial charge is 0.320 e. The highest BCUT2D eigenvalue weighted by Gasteiger charge is 2.52. The van der Waals surface area contributed by atoms with Crippen molar-refractivity contribution >= 4 is 17.8 Å². The van der Waals surface area contributed by atoms with Gasteiger partial charge in [0, 0.05) is 20.1 Å². The topological polar surface area (TPSA) is 77.9 Å². The number of carbonyl (C=O) groups is 3. The lowest BCUT2D eigenvalue weighted by Gasteiger charge is -2.24. The van der Waals surface area contributed by atoms with E-state index < -0.39 is 12.0 Å². The maximum atomic E-state index is 11.8. The van der Waals surface area contributed by atoms with E-state index in [4.69, 9.17) is 5.11 Å². The monoisotopic (exact) mass is 240 g/mol. The minimum absolute atomic E-state index is 0.178. The molecule has 0 bridgehead atoms. The Morgan fingerprint density at radius 3 is 2.18 bits per heavy atom. The van der Waals surface area contributed by atoms with E-state index >= 15 is 0 Å². The molecule has 0 aromatic rings. The van der Waals surface area contributed by atoms with Gasteiger partial charge in [-0.3, -0.25) is 24.2 Å². The molecular weight excluding hydrogens is 224 g/mol. The summed E-state index contributed by atoms with van der Waals surface area (Å²) < 4.78 is 0. The summed E-state index contributed by atoms with van der Waals surface area (Å²) >= 11 is 0. The molecule has 2 saturated heterocycles. The summed E-state index contributed by atoms with van der Waals surface area (Å²) in [5, 5.41) is 9.06. The van der Waals surface area contributed by atoms with Gasteiger partial charge in [0.15, 0.2) is 0 Å². The Morgan fingerprint density at radius 1 is 1.35 bits per heavy atom. The maximum absolute atomic E-state index is 11.8. The van der Waals surface area contributed by atoms with Crippen molar-refractivity contribution < 1.29 is 19.5 Å². The van der Waals surface area contributed by atoms with Gasteiger partial charge in [-0.2, -0.15) is 0 Å². The summed E-state index contributed by atoms with van der Waals surface area (Å²) in [5.74, 6) is -1.94. The Bertz CT molecular complexity index is 358. The lowest BCUT2D eigenvalue weighted by molar-refractivity contribution is -0.145. The molecular formula is C11H16N2O4. The van der Waals surface area contributed by atoms with Crippen LogP contribution in [0.25, 0.3) is 0 Å².